The van der Waals surface area contributed by atoms with Crippen LogP contribution < -0.4 is 10.7 Å². The number of thiazole rings is 1. The van der Waals surface area contributed by atoms with Crippen molar-refractivity contribution in [2.45, 2.75) is 6.92 Å². The van der Waals surface area contributed by atoms with Crippen LogP contribution in [-0.4, -0.2) is 10.9 Å². The Morgan fingerprint density at radius 1 is 1.21 bits per heavy atom. The van der Waals surface area contributed by atoms with E-state index in [2.05, 4.69) is 26.2 Å². The number of fused-ring (bicyclic) bond motifs is 1. The molecular weight excluding hydrogens is 452 g/mol. The second-order valence-electron chi connectivity index (χ2n) is 6.39. The molecule has 0 unspecified atom stereocenters. The molecule has 7 heteroatoms. The summed E-state index contributed by atoms with van der Waals surface area (Å²) < 4.78 is 6.48. The maximum absolute atomic E-state index is 12.6. The van der Waals surface area contributed by atoms with Crippen LogP contribution in [0.5, 0.6) is 0 Å². The predicted octanol–water partition coefficient (Wildman–Crippen LogP) is 5.64. The summed E-state index contributed by atoms with van der Waals surface area (Å²) in [5.41, 5.74) is 3.37. The minimum absolute atomic E-state index is 0.175. The van der Waals surface area contributed by atoms with Crippen molar-refractivity contribution in [3.63, 3.8) is 0 Å². The Bertz CT molecular complexity index is 1290. The summed E-state index contributed by atoms with van der Waals surface area (Å²) in [6.45, 7) is 1.91. The quantitative estimate of drug-likeness (QED) is 0.395. The molecular formula is C22H15BrN2O3S. The standard InChI is InChI=1S/C22H15BrN2O3S/c1-13-2-8-19-17(10-13)21(27)15(11-28-19)5-9-20(26)25-22-24-18(12-29-22)14-3-6-16(23)7-4-14/h2-12H,1H3,(H,24,25,26)/b9-5+. The number of benzene rings is 2. The Hall–Kier alpha value is -3.03. The van der Waals surface area contributed by atoms with E-state index in [0.717, 1.165) is 21.3 Å². The van der Waals surface area contributed by atoms with Gasteiger partial charge in [0.1, 0.15) is 11.8 Å². The van der Waals surface area contributed by atoms with Gasteiger partial charge in [-0.1, -0.05) is 39.7 Å². The Kier molecular flexibility index (Phi) is 5.42. The van der Waals surface area contributed by atoms with Crippen LogP contribution in [0.3, 0.4) is 0 Å². The van der Waals surface area contributed by atoms with Gasteiger partial charge in [-0.2, -0.15) is 0 Å². The van der Waals surface area contributed by atoms with E-state index in [9.17, 15) is 9.59 Å². The van der Waals surface area contributed by atoms with E-state index in [0.29, 0.717) is 21.7 Å². The second-order valence-corrected chi connectivity index (χ2v) is 8.16. The van der Waals surface area contributed by atoms with E-state index < -0.39 is 0 Å². The molecule has 0 atom stereocenters. The first-order chi connectivity index (χ1) is 14.0. The van der Waals surface area contributed by atoms with E-state index in [4.69, 9.17) is 4.42 Å². The molecule has 29 heavy (non-hydrogen) atoms. The van der Waals surface area contributed by atoms with Crippen LogP contribution in [0.15, 0.2) is 73.9 Å². The van der Waals surface area contributed by atoms with Gasteiger partial charge in [-0.25, -0.2) is 4.98 Å². The molecule has 2 heterocycles. The topological polar surface area (TPSA) is 72.2 Å². The number of rotatable bonds is 4. The molecule has 0 aliphatic rings. The van der Waals surface area contributed by atoms with Gasteiger partial charge in [0.15, 0.2) is 10.6 Å². The third-order valence-electron chi connectivity index (χ3n) is 4.24. The van der Waals surface area contributed by atoms with Crippen LogP contribution in [0.1, 0.15) is 11.1 Å². The van der Waals surface area contributed by atoms with E-state index >= 15 is 0 Å². The van der Waals surface area contributed by atoms with Crippen molar-refractivity contribution in [2.24, 2.45) is 0 Å². The predicted molar refractivity (Wildman–Crippen MR) is 120 cm³/mol. The van der Waals surface area contributed by atoms with Gasteiger partial charge < -0.3 is 4.42 Å². The van der Waals surface area contributed by atoms with E-state index in [-0.39, 0.29) is 11.3 Å². The summed E-state index contributed by atoms with van der Waals surface area (Å²) in [5.74, 6) is -0.370. The van der Waals surface area contributed by atoms with Gasteiger partial charge in [-0.05, 0) is 37.3 Å². The number of halogens is 1. The van der Waals surface area contributed by atoms with Crippen molar-refractivity contribution in [3.05, 3.63) is 86.0 Å². The summed E-state index contributed by atoms with van der Waals surface area (Å²) in [6.07, 6.45) is 4.11. The molecule has 0 fully saturated rings. The SMILES string of the molecule is Cc1ccc2occ(/C=C/C(=O)Nc3nc(-c4ccc(Br)cc4)cs3)c(=O)c2c1. The molecule has 2 aromatic carbocycles. The molecule has 0 radical (unpaired) electrons. The van der Waals surface area contributed by atoms with E-state index in [1.54, 1.807) is 12.1 Å². The van der Waals surface area contributed by atoms with Crippen molar-refractivity contribution in [2.75, 3.05) is 5.32 Å². The van der Waals surface area contributed by atoms with Gasteiger partial charge in [-0.3, -0.25) is 14.9 Å². The Morgan fingerprint density at radius 2 is 2.00 bits per heavy atom. The molecule has 1 amide bonds. The van der Waals surface area contributed by atoms with Crippen molar-refractivity contribution < 1.29 is 9.21 Å². The third-order valence-corrected chi connectivity index (χ3v) is 5.53. The van der Waals surface area contributed by atoms with Crippen LogP contribution in [0.25, 0.3) is 28.3 Å². The molecule has 1 N–H and O–H groups in total. The lowest BCUT2D eigenvalue weighted by Crippen LogP contribution is -2.09. The van der Waals surface area contributed by atoms with E-state index in [1.165, 1.54) is 29.8 Å². The monoisotopic (exact) mass is 466 g/mol. The summed E-state index contributed by atoms with van der Waals surface area (Å²) in [4.78, 5) is 29.2. The third kappa shape index (κ3) is 4.36. The highest BCUT2D eigenvalue weighted by atomic mass is 79.9. The first kappa shape index (κ1) is 19.3. The summed E-state index contributed by atoms with van der Waals surface area (Å²) in [7, 11) is 0. The highest BCUT2D eigenvalue weighted by molar-refractivity contribution is 9.10. The van der Waals surface area contributed by atoms with Gasteiger partial charge in [0.25, 0.3) is 0 Å². The number of aromatic nitrogens is 1. The molecule has 5 nitrogen and oxygen atoms in total. The Balaban J connectivity index is 1.49. The maximum atomic E-state index is 12.6. The normalized spacial score (nSPS) is 11.2. The fourth-order valence-corrected chi connectivity index (χ4v) is 3.76. The van der Waals surface area contributed by atoms with Gasteiger partial charge >= 0.3 is 0 Å². The number of hydrogen-bond donors (Lipinski definition) is 1. The lowest BCUT2D eigenvalue weighted by atomic mass is 10.1. The first-order valence-corrected chi connectivity index (χ1v) is 10.4. The van der Waals surface area contributed by atoms with Crippen molar-refractivity contribution in [3.8, 4) is 11.3 Å². The fraction of sp³-hybridized carbons (Fsp3) is 0.0455. The van der Waals surface area contributed by atoms with E-state index in [1.807, 2.05) is 42.6 Å². The number of amides is 1. The number of hydrogen-bond acceptors (Lipinski definition) is 5. The van der Waals surface area contributed by atoms with Gasteiger partial charge in [0, 0.05) is 21.5 Å². The van der Waals surface area contributed by atoms with Crippen LogP contribution >= 0.6 is 27.3 Å². The Morgan fingerprint density at radius 3 is 2.79 bits per heavy atom. The number of anilines is 1. The molecule has 0 aliphatic heterocycles. The fourth-order valence-electron chi connectivity index (χ4n) is 2.77. The zero-order valence-electron chi connectivity index (χ0n) is 15.3. The van der Waals surface area contributed by atoms with Crippen LogP contribution in [-0.2, 0) is 4.79 Å². The first-order valence-electron chi connectivity index (χ1n) is 8.72. The van der Waals surface area contributed by atoms with Crippen LogP contribution in [0.4, 0.5) is 5.13 Å². The summed E-state index contributed by atoms with van der Waals surface area (Å²) in [5, 5.41) is 5.57. The largest absolute Gasteiger partial charge is 0.463 e. The number of aryl methyl sites for hydroxylation is 1. The molecule has 0 spiro atoms. The second kappa shape index (κ2) is 8.14. The molecule has 0 saturated heterocycles. The zero-order valence-corrected chi connectivity index (χ0v) is 17.7. The molecule has 144 valence electrons. The van der Waals surface area contributed by atoms with Gasteiger partial charge in [-0.15, -0.1) is 11.3 Å². The number of nitrogens with zero attached hydrogens (tertiary/aromatic N) is 1. The zero-order chi connectivity index (χ0) is 20.4. The average molecular weight is 467 g/mol. The molecule has 4 aromatic rings. The van der Waals surface area contributed by atoms with Gasteiger partial charge in [0.2, 0.25) is 5.91 Å². The van der Waals surface area contributed by atoms with Gasteiger partial charge in [0.05, 0.1) is 16.6 Å². The van der Waals surface area contributed by atoms with Crippen molar-refractivity contribution in [1.82, 2.24) is 4.98 Å². The number of carbonyl (C=O) groups excluding carboxylic acids is 1. The molecule has 0 saturated carbocycles. The minimum Gasteiger partial charge on any atom is -0.463 e. The number of carbonyl (C=O) groups is 1. The van der Waals surface area contributed by atoms with Crippen molar-refractivity contribution >= 4 is 55.4 Å². The molecule has 4 rings (SSSR count). The average Bonchev–Trinajstić information content (AvgIpc) is 3.17. The summed E-state index contributed by atoms with van der Waals surface area (Å²) in [6, 6.07) is 13.2. The maximum Gasteiger partial charge on any atom is 0.250 e. The number of nitrogens with one attached hydrogen (secondary N) is 1. The van der Waals surface area contributed by atoms with Crippen molar-refractivity contribution in [1.29, 1.82) is 0 Å². The molecule has 0 bridgehead atoms. The van der Waals surface area contributed by atoms with Crippen LogP contribution in [0.2, 0.25) is 0 Å². The lowest BCUT2D eigenvalue weighted by molar-refractivity contribution is -0.111. The molecule has 0 aliphatic carbocycles. The highest BCUT2D eigenvalue weighted by Gasteiger charge is 2.08. The lowest BCUT2D eigenvalue weighted by Gasteiger charge is -2.00. The molecule has 2 aromatic heterocycles. The minimum atomic E-state index is -0.370. The highest BCUT2D eigenvalue weighted by Crippen LogP contribution is 2.26. The smallest absolute Gasteiger partial charge is 0.250 e. The summed E-state index contributed by atoms with van der Waals surface area (Å²) >= 11 is 4.74. The Labute approximate surface area is 178 Å². The van der Waals surface area contributed by atoms with Crippen LogP contribution in [0, 0.1) is 6.92 Å².